The number of hydrogen-bond acceptors (Lipinski definition) is 3. The van der Waals surface area contributed by atoms with Gasteiger partial charge in [-0.1, -0.05) is 127 Å². The summed E-state index contributed by atoms with van der Waals surface area (Å²) >= 11 is 0. The molecule has 0 amide bonds. The summed E-state index contributed by atoms with van der Waals surface area (Å²) in [6, 6.07) is 64.2. The van der Waals surface area contributed by atoms with Gasteiger partial charge in [0, 0.05) is 56.6 Å². The van der Waals surface area contributed by atoms with E-state index in [-0.39, 0.29) is 0 Å². The summed E-state index contributed by atoms with van der Waals surface area (Å²) < 4.78 is 10.9. The van der Waals surface area contributed by atoms with Crippen LogP contribution in [0.25, 0.3) is 76.9 Å². The maximum absolute atomic E-state index is 6.38. The van der Waals surface area contributed by atoms with E-state index in [0.717, 1.165) is 66.1 Å². The fraction of sp³-hybridized carbons (Fsp3) is 0. The van der Waals surface area contributed by atoms with Crippen LogP contribution < -0.4 is 20.7 Å². The lowest BCUT2D eigenvalue weighted by molar-refractivity contribution is 0.669. The summed E-state index contributed by atoms with van der Waals surface area (Å²) in [7, 11) is -2.99. The highest BCUT2D eigenvalue weighted by molar-refractivity contribution is 7.20. The van der Waals surface area contributed by atoms with E-state index in [1.165, 1.54) is 31.5 Å². The molecule has 7 aromatic carbocycles. The monoisotopic (exact) mass is 732 g/mol. The van der Waals surface area contributed by atoms with E-state index < -0.39 is 8.07 Å². The molecule has 0 aliphatic carbocycles. The molecular weight excluding hydrogens is 701 g/mol. The third kappa shape index (κ3) is 4.30. The fourth-order valence-electron chi connectivity index (χ4n) is 9.38. The van der Waals surface area contributed by atoms with Crippen LogP contribution in [0, 0.1) is 0 Å². The summed E-state index contributed by atoms with van der Waals surface area (Å²) in [5.41, 5.74) is 6.98. The van der Waals surface area contributed by atoms with E-state index in [4.69, 9.17) is 14.4 Å². The molecule has 6 heteroatoms. The number of para-hydroxylation sites is 2. The maximum Gasteiger partial charge on any atom is 0.179 e. The Hall–Kier alpha value is -7.28. The number of fused-ring (bicyclic) bond motifs is 12. The first kappa shape index (κ1) is 31.1. The average molecular weight is 733 g/mol. The Labute approximate surface area is 322 Å². The molecule has 0 N–H and O–H groups in total. The van der Waals surface area contributed by atoms with Gasteiger partial charge in [-0.05, 0) is 74.7 Å². The zero-order valence-corrected chi connectivity index (χ0v) is 31.2. The molecule has 0 radical (unpaired) electrons. The lowest BCUT2D eigenvalue weighted by Gasteiger charge is -2.35. The molecule has 0 unspecified atom stereocenters. The van der Waals surface area contributed by atoms with Gasteiger partial charge in [0.25, 0.3) is 0 Å². The summed E-state index contributed by atoms with van der Waals surface area (Å²) in [6.07, 6.45) is 5.88. The molecule has 56 heavy (non-hydrogen) atoms. The normalized spacial score (nSPS) is 12.3. The third-order valence-corrected chi connectivity index (χ3v) is 16.5. The minimum atomic E-state index is -2.99. The first-order chi connectivity index (χ1) is 27.8. The van der Waals surface area contributed by atoms with Crippen molar-refractivity contribution in [2.75, 3.05) is 0 Å². The quantitative estimate of drug-likeness (QED) is 0.101. The Morgan fingerprint density at radius 3 is 1.93 bits per heavy atom. The molecule has 0 saturated heterocycles. The Bertz CT molecular complexity index is 3450. The molecule has 12 rings (SSSR count). The fourth-order valence-corrected chi connectivity index (χ4v) is 14.2. The first-order valence-electron chi connectivity index (χ1n) is 19.0. The minimum absolute atomic E-state index is 0.880. The molecular formula is C50H32N4OSi. The van der Waals surface area contributed by atoms with Gasteiger partial charge in [-0.3, -0.25) is 8.97 Å². The van der Waals surface area contributed by atoms with Gasteiger partial charge < -0.3 is 4.42 Å². The van der Waals surface area contributed by atoms with Gasteiger partial charge in [-0.2, -0.15) is 0 Å². The predicted octanol–water partition coefficient (Wildman–Crippen LogP) is 9.41. The summed E-state index contributed by atoms with van der Waals surface area (Å²) in [6.45, 7) is 0. The molecule has 0 atom stereocenters. The van der Waals surface area contributed by atoms with Crippen molar-refractivity contribution in [3.05, 3.63) is 195 Å². The Morgan fingerprint density at radius 2 is 1.09 bits per heavy atom. The van der Waals surface area contributed by atoms with E-state index in [1.54, 1.807) is 0 Å². The summed E-state index contributed by atoms with van der Waals surface area (Å²) in [5, 5.41) is 13.2. The zero-order chi connectivity index (χ0) is 36.8. The van der Waals surface area contributed by atoms with E-state index in [9.17, 15) is 0 Å². The van der Waals surface area contributed by atoms with Crippen LogP contribution in [-0.2, 0) is 0 Å². The van der Waals surface area contributed by atoms with Crippen molar-refractivity contribution in [3.63, 3.8) is 0 Å². The van der Waals surface area contributed by atoms with E-state index in [0.29, 0.717) is 0 Å². The second kappa shape index (κ2) is 11.9. The van der Waals surface area contributed by atoms with Crippen molar-refractivity contribution in [2.24, 2.45) is 0 Å². The number of imidazole rings is 1. The van der Waals surface area contributed by atoms with E-state index >= 15 is 0 Å². The predicted molar refractivity (Wildman–Crippen MR) is 233 cm³/mol. The van der Waals surface area contributed by atoms with Crippen LogP contribution in [0.4, 0.5) is 0 Å². The highest BCUT2D eigenvalue weighted by atomic mass is 28.3. The van der Waals surface area contributed by atoms with Crippen molar-refractivity contribution < 1.29 is 4.42 Å². The lowest BCUT2D eigenvalue weighted by atomic mass is 10.1. The van der Waals surface area contributed by atoms with Gasteiger partial charge in [0.05, 0.1) is 11.0 Å². The van der Waals surface area contributed by atoms with Gasteiger partial charge in [0.2, 0.25) is 0 Å². The molecule has 0 fully saturated rings. The van der Waals surface area contributed by atoms with Gasteiger partial charge in [-0.15, -0.1) is 0 Å². The van der Waals surface area contributed by atoms with Gasteiger partial charge in [0.1, 0.15) is 22.5 Å². The maximum atomic E-state index is 6.38. The van der Waals surface area contributed by atoms with Crippen molar-refractivity contribution in [1.29, 1.82) is 0 Å². The number of rotatable bonds is 5. The highest BCUT2D eigenvalue weighted by Gasteiger charge is 2.42. The standard InChI is InChI=1S/C50H32N4OSi/c1-3-14-34(15-4-1)56(35-16-5-2-6-17-35,37-24-25-38-39-19-7-9-22-45(39)53-28-27-52-49(53)44(38)30-37)36-18-11-13-33(29-36)54-46-31-43-40-20-8-10-23-47(40)55-48(43)32-42(46)41-21-12-26-51-50(41)54/h1-32H. The molecule has 0 bridgehead atoms. The number of pyridine rings is 2. The first-order valence-corrected chi connectivity index (χ1v) is 21.0. The SMILES string of the molecule is c1ccc([Si](c2ccccc2)(c2cccc(-n3c4cc5c(cc4c4cccnc43)oc3ccccc35)c2)c2ccc3c4ccccc4n4ccnc4c3c2)cc1. The number of benzene rings is 7. The highest BCUT2D eigenvalue weighted by Crippen LogP contribution is 2.37. The molecule has 12 aromatic rings. The zero-order valence-electron chi connectivity index (χ0n) is 30.2. The molecule has 0 spiro atoms. The van der Waals surface area contributed by atoms with Gasteiger partial charge >= 0.3 is 0 Å². The number of furan rings is 1. The number of hydrogen-bond donors (Lipinski definition) is 0. The van der Waals surface area contributed by atoms with Crippen LogP contribution in [0.5, 0.6) is 0 Å². The Kier molecular flexibility index (Phi) is 6.59. The second-order valence-electron chi connectivity index (χ2n) is 14.6. The van der Waals surface area contributed by atoms with E-state index in [1.807, 2.05) is 30.6 Å². The molecule has 5 aromatic heterocycles. The van der Waals surface area contributed by atoms with Crippen molar-refractivity contribution in [2.45, 2.75) is 0 Å². The van der Waals surface area contributed by atoms with Crippen LogP contribution >= 0.6 is 0 Å². The Morgan fingerprint density at radius 1 is 0.393 bits per heavy atom. The number of nitrogens with zero attached hydrogens (tertiary/aromatic N) is 4. The van der Waals surface area contributed by atoms with Crippen molar-refractivity contribution in [3.8, 4) is 5.69 Å². The number of aromatic nitrogens is 4. The van der Waals surface area contributed by atoms with Crippen LogP contribution in [0.3, 0.4) is 0 Å². The average Bonchev–Trinajstić information content (AvgIpc) is 3.99. The van der Waals surface area contributed by atoms with Crippen LogP contribution in [0.15, 0.2) is 199 Å². The smallest absolute Gasteiger partial charge is 0.179 e. The molecule has 5 heterocycles. The molecule has 0 saturated carbocycles. The third-order valence-electron chi connectivity index (χ3n) is 11.8. The Balaban J connectivity index is 1.18. The van der Waals surface area contributed by atoms with E-state index in [2.05, 4.69) is 173 Å². The topological polar surface area (TPSA) is 48.3 Å². The van der Waals surface area contributed by atoms with Crippen LogP contribution in [-0.4, -0.2) is 27.0 Å². The molecule has 0 aliphatic rings. The van der Waals surface area contributed by atoms with Crippen LogP contribution in [0.2, 0.25) is 0 Å². The molecule has 262 valence electrons. The van der Waals surface area contributed by atoms with Crippen molar-refractivity contribution >= 4 is 100 Å². The molecule has 0 aliphatic heterocycles. The molecule has 5 nitrogen and oxygen atoms in total. The summed E-state index contributed by atoms with van der Waals surface area (Å²) in [4.78, 5) is 9.96. The largest absolute Gasteiger partial charge is 0.456 e. The second-order valence-corrected chi connectivity index (χ2v) is 18.4. The lowest BCUT2D eigenvalue weighted by Crippen LogP contribution is -2.74. The summed E-state index contributed by atoms with van der Waals surface area (Å²) in [5.74, 6) is 0. The van der Waals surface area contributed by atoms with Crippen molar-refractivity contribution in [1.82, 2.24) is 18.9 Å². The van der Waals surface area contributed by atoms with Gasteiger partial charge in [-0.25, -0.2) is 9.97 Å². The van der Waals surface area contributed by atoms with Crippen LogP contribution in [0.1, 0.15) is 0 Å². The van der Waals surface area contributed by atoms with Gasteiger partial charge in [0.15, 0.2) is 8.07 Å². The minimum Gasteiger partial charge on any atom is -0.456 e.